The Bertz CT molecular complexity index is 1250. The molecule has 0 saturated heterocycles. The Morgan fingerprint density at radius 3 is 1.94 bits per heavy atom. The lowest BCUT2D eigenvalue weighted by Gasteiger charge is -2.18. The molecule has 0 aromatic heterocycles. The van der Waals surface area contributed by atoms with E-state index in [1.165, 1.54) is 4.90 Å². The van der Waals surface area contributed by atoms with Crippen LogP contribution in [0.3, 0.4) is 0 Å². The number of aryl methyl sites for hydroxylation is 3. The van der Waals surface area contributed by atoms with Crippen molar-refractivity contribution in [1.82, 2.24) is 0 Å². The maximum Gasteiger partial charge on any atom is 0.282 e. The number of carbonyl (C=O) groups excluding carboxylic acids is 2. The van der Waals surface area contributed by atoms with Gasteiger partial charge in [0.15, 0.2) is 0 Å². The summed E-state index contributed by atoms with van der Waals surface area (Å²) in [4.78, 5) is 28.6. The Balaban J connectivity index is 1.86. The lowest BCUT2D eigenvalue weighted by Crippen LogP contribution is -2.33. The average Bonchev–Trinajstić information content (AvgIpc) is 3.05. The zero-order valence-electron chi connectivity index (χ0n) is 19.4. The molecule has 1 aliphatic heterocycles. The molecule has 0 radical (unpaired) electrons. The third-order valence-electron chi connectivity index (χ3n) is 5.65. The number of ether oxygens (including phenoxy) is 2. The summed E-state index contributed by atoms with van der Waals surface area (Å²) in [6, 6.07) is 18.5. The molecule has 1 heterocycles. The van der Waals surface area contributed by atoms with Gasteiger partial charge in [0, 0.05) is 23.9 Å². The summed E-state index contributed by atoms with van der Waals surface area (Å²) in [6.45, 7) is 5.80. The van der Waals surface area contributed by atoms with Crippen LogP contribution in [0.25, 0.3) is 5.57 Å². The van der Waals surface area contributed by atoms with Crippen molar-refractivity contribution >= 4 is 28.8 Å². The Morgan fingerprint density at radius 2 is 1.33 bits per heavy atom. The quantitative estimate of drug-likeness (QED) is 0.543. The second-order valence-corrected chi connectivity index (χ2v) is 8.08. The molecule has 1 N–H and O–H groups in total. The number of nitrogens with one attached hydrogen (secondary N) is 1. The Labute approximate surface area is 193 Å². The number of benzene rings is 3. The van der Waals surface area contributed by atoms with E-state index in [9.17, 15) is 9.59 Å². The molecule has 3 aromatic rings. The van der Waals surface area contributed by atoms with Crippen molar-refractivity contribution < 1.29 is 19.1 Å². The number of imide groups is 1. The highest BCUT2D eigenvalue weighted by Gasteiger charge is 2.41. The predicted octanol–water partition coefficient (Wildman–Crippen LogP) is 5.03. The van der Waals surface area contributed by atoms with Crippen LogP contribution in [-0.2, 0) is 9.59 Å². The van der Waals surface area contributed by atoms with Crippen LogP contribution in [0, 0.1) is 20.8 Å². The molecule has 6 nitrogen and oxygen atoms in total. The van der Waals surface area contributed by atoms with E-state index in [4.69, 9.17) is 9.47 Å². The van der Waals surface area contributed by atoms with Crippen LogP contribution in [0.2, 0.25) is 0 Å². The third kappa shape index (κ3) is 4.20. The van der Waals surface area contributed by atoms with Gasteiger partial charge in [-0.1, -0.05) is 42.0 Å². The number of methoxy groups -OCH3 is 2. The minimum absolute atomic E-state index is 0.208. The lowest BCUT2D eigenvalue weighted by molar-refractivity contribution is -0.120. The predicted molar refractivity (Wildman–Crippen MR) is 130 cm³/mol. The second kappa shape index (κ2) is 8.82. The first-order chi connectivity index (χ1) is 15.8. The molecule has 6 heteroatoms. The summed E-state index contributed by atoms with van der Waals surface area (Å²) >= 11 is 0. The molecule has 0 unspecified atom stereocenters. The molecule has 0 bridgehead atoms. The zero-order valence-corrected chi connectivity index (χ0v) is 19.4. The molecule has 0 saturated carbocycles. The molecule has 1 aliphatic rings. The van der Waals surface area contributed by atoms with Gasteiger partial charge in [-0.05, 0) is 43.5 Å². The standard InChI is InChI=1S/C27H26N2O4/c1-16-7-10-19(11-8-16)24-25(28-20-13-21(32-4)15-22(14-20)33-5)27(31)29(26(24)30)23-12-17(2)6-9-18(23)3/h6-15,28H,1-5H3. The smallest absolute Gasteiger partial charge is 0.282 e. The van der Waals surface area contributed by atoms with Crippen molar-refractivity contribution in [2.24, 2.45) is 0 Å². The Hall–Kier alpha value is -4.06. The SMILES string of the molecule is COc1cc(NC2=C(c3ccc(C)cc3)C(=O)N(c3cc(C)ccc3C)C2=O)cc(OC)c1. The van der Waals surface area contributed by atoms with Crippen molar-refractivity contribution in [3.63, 3.8) is 0 Å². The summed E-state index contributed by atoms with van der Waals surface area (Å²) in [7, 11) is 3.12. The van der Waals surface area contributed by atoms with Crippen LogP contribution in [0.5, 0.6) is 11.5 Å². The molecule has 168 valence electrons. The summed E-state index contributed by atoms with van der Waals surface area (Å²) < 4.78 is 10.7. The van der Waals surface area contributed by atoms with E-state index in [1.54, 1.807) is 32.4 Å². The van der Waals surface area contributed by atoms with Crippen LogP contribution < -0.4 is 19.7 Å². The molecule has 0 fully saturated rings. The third-order valence-corrected chi connectivity index (χ3v) is 5.65. The summed E-state index contributed by atoms with van der Waals surface area (Å²) in [5, 5.41) is 3.18. The molecule has 0 spiro atoms. The molecule has 0 atom stereocenters. The van der Waals surface area contributed by atoms with Gasteiger partial charge in [-0.15, -0.1) is 0 Å². The largest absolute Gasteiger partial charge is 0.497 e. The highest BCUT2D eigenvalue weighted by molar-refractivity contribution is 6.46. The van der Waals surface area contributed by atoms with Crippen molar-refractivity contribution in [3.8, 4) is 11.5 Å². The Kier molecular flexibility index (Phi) is 5.92. The van der Waals surface area contributed by atoms with Gasteiger partial charge in [-0.25, -0.2) is 4.90 Å². The van der Waals surface area contributed by atoms with Crippen molar-refractivity contribution in [3.05, 3.63) is 88.6 Å². The Morgan fingerprint density at radius 1 is 0.727 bits per heavy atom. The van der Waals surface area contributed by atoms with E-state index in [1.807, 2.05) is 63.2 Å². The lowest BCUT2D eigenvalue weighted by atomic mass is 10.0. The highest BCUT2D eigenvalue weighted by atomic mass is 16.5. The number of rotatable bonds is 6. The van der Waals surface area contributed by atoms with Crippen molar-refractivity contribution in [2.75, 3.05) is 24.4 Å². The maximum absolute atomic E-state index is 13.7. The van der Waals surface area contributed by atoms with Crippen LogP contribution in [-0.4, -0.2) is 26.0 Å². The van der Waals surface area contributed by atoms with Gasteiger partial charge in [-0.2, -0.15) is 0 Å². The first-order valence-corrected chi connectivity index (χ1v) is 10.6. The second-order valence-electron chi connectivity index (χ2n) is 8.08. The van der Waals surface area contributed by atoms with E-state index < -0.39 is 5.91 Å². The van der Waals surface area contributed by atoms with E-state index >= 15 is 0 Å². The molecule has 33 heavy (non-hydrogen) atoms. The number of amides is 2. The van der Waals surface area contributed by atoms with Crippen LogP contribution >= 0.6 is 0 Å². The molecular weight excluding hydrogens is 416 g/mol. The number of anilines is 2. The molecule has 4 rings (SSSR count). The number of nitrogens with zero attached hydrogens (tertiary/aromatic N) is 1. The average molecular weight is 443 g/mol. The summed E-state index contributed by atoms with van der Waals surface area (Å²) in [5.41, 5.74) is 5.23. The minimum Gasteiger partial charge on any atom is -0.497 e. The number of hydrogen-bond acceptors (Lipinski definition) is 5. The first-order valence-electron chi connectivity index (χ1n) is 10.6. The van der Waals surface area contributed by atoms with Crippen molar-refractivity contribution in [2.45, 2.75) is 20.8 Å². The van der Waals surface area contributed by atoms with Gasteiger partial charge < -0.3 is 14.8 Å². The molecule has 0 aliphatic carbocycles. The normalized spacial score (nSPS) is 13.5. The highest BCUT2D eigenvalue weighted by Crippen LogP contribution is 2.36. The molecular formula is C27H26N2O4. The van der Waals surface area contributed by atoms with Crippen LogP contribution in [0.4, 0.5) is 11.4 Å². The van der Waals surface area contributed by atoms with Crippen LogP contribution in [0.15, 0.2) is 66.4 Å². The van der Waals surface area contributed by atoms with Gasteiger partial charge >= 0.3 is 0 Å². The van der Waals surface area contributed by atoms with E-state index in [0.29, 0.717) is 34.0 Å². The summed E-state index contributed by atoms with van der Waals surface area (Å²) in [6.07, 6.45) is 0. The van der Waals surface area contributed by atoms with Gasteiger partial charge in [0.25, 0.3) is 11.8 Å². The van der Waals surface area contributed by atoms with Crippen LogP contribution in [0.1, 0.15) is 22.3 Å². The van der Waals surface area contributed by atoms with E-state index in [-0.39, 0.29) is 11.6 Å². The fourth-order valence-electron chi connectivity index (χ4n) is 3.84. The van der Waals surface area contributed by atoms with Gasteiger partial charge in [-0.3, -0.25) is 9.59 Å². The van der Waals surface area contributed by atoms with Crippen molar-refractivity contribution in [1.29, 1.82) is 0 Å². The zero-order chi connectivity index (χ0) is 23.7. The first kappa shape index (κ1) is 22.1. The van der Waals surface area contributed by atoms with E-state index in [2.05, 4.69) is 5.32 Å². The van der Waals surface area contributed by atoms with Gasteiger partial charge in [0.2, 0.25) is 0 Å². The number of hydrogen-bond donors (Lipinski definition) is 1. The summed E-state index contributed by atoms with van der Waals surface area (Å²) in [5.74, 6) is 0.357. The van der Waals surface area contributed by atoms with Gasteiger partial charge in [0.05, 0.1) is 25.5 Å². The fourth-order valence-corrected chi connectivity index (χ4v) is 3.84. The molecule has 2 amide bonds. The monoisotopic (exact) mass is 442 g/mol. The minimum atomic E-state index is -0.411. The fraction of sp³-hybridized carbons (Fsp3) is 0.185. The van der Waals surface area contributed by atoms with Gasteiger partial charge in [0.1, 0.15) is 17.2 Å². The molecule has 3 aromatic carbocycles. The van der Waals surface area contributed by atoms with E-state index in [0.717, 1.165) is 16.7 Å². The topological polar surface area (TPSA) is 67.9 Å². The number of carbonyl (C=O) groups is 2. The maximum atomic E-state index is 13.7.